The molecule has 0 radical (unpaired) electrons. The van der Waals surface area contributed by atoms with Gasteiger partial charge in [0.05, 0.1) is 18.8 Å². The van der Waals surface area contributed by atoms with Gasteiger partial charge in [-0.15, -0.1) is 0 Å². The molecule has 8 nitrogen and oxygen atoms in total. The number of carbonyl (C=O) groups excluding carboxylic acids is 2. The van der Waals surface area contributed by atoms with Gasteiger partial charge in [-0.05, 0) is 65.9 Å². The predicted molar refractivity (Wildman–Crippen MR) is 177 cm³/mol. The smallest absolute Gasteiger partial charge is 0.245 e. The second kappa shape index (κ2) is 14.3. The molecule has 3 atom stereocenters. The van der Waals surface area contributed by atoms with Crippen LogP contribution < -0.4 is 20.9 Å². The number of halogens is 1. The molecule has 2 aliphatic heterocycles. The van der Waals surface area contributed by atoms with Crippen molar-refractivity contribution < 1.29 is 14.0 Å². The Morgan fingerprint density at radius 3 is 2.42 bits per heavy atom. The average molecular weight is 626 g/mol. The highest BCUT2D eigenvalue weighted by molar-refractivity contribution is 6.30. The number of hydrogen-bond acceptors (Lipinski definition) is 6. The summed E-state index contributed by atoms with van der Waals surface area (Å²) in [5.41, 5.74) is 5.69. The molecule has 1 aromatic heterocycles. The van der Waals surface area contributed by atoms with Crippen LogP contribution in [0.1, 0.15) is 41.0 Å². The Kier molecular flexibility index (Phi) is 9.84. The van der Waals surface area contributed by atoms with Gasteiger partial charge in [-0.2, -0.15) is 0 Å². The van der Waals surface area contributed by atoms with E-state index in [1.54, 1.807) is 6.26 Å². The summed E-state index contributed by atoms with van der Waals surface area (Å²) in [4.78, 5) is 31.8. The zero-order chi connectivity index (χ0) is 31.2. The lowest BCUT2D eigenvalue weighted by Crippen LogP contribution is -2.58. The summed E-state index contributed by atoms with van der Waals surface area (Å²) >= 11 is 6.13. The van der Waals surface area contributed by atoms with Crippen LogP contribution in [-0.4, -0.2) is 55.0 Å². The van der Waals surface area contributed by atoms with E-state index in [1.807, 2.05) is 53.4 Å². The van der Waals surface area contributed by atoms with Crippen molar-refractivity contribution in [3.05, 3.63) is 124 Å². The lowest BCUT2D eigenvalue weighted by Gasteiger charge is -2.39. The largest absolute Gasteiger partial charge is 0.468 e. The van der Waals surface area contributed by atoms with Crippen molar-refractivity contribution in [3.63, 3.8) is 0 Å². The number of rotatable bonds is 10. The number of nitrogens with zero attached hydrogens (tertiary/aromatic N) is 2. The molecule has 0 spiro atoms. The summed E-state index contributed by atoms with van der Waals surface area (Å²) in [7, 11) is 0. The van der Waals surface area contributed by atoms with Crippen LogP contribution in [0.3, 0.4) is 0 Å². The van der Waals surface area contributed by atoms with Crippen LogP contribution in [0.5, 0.6) is 0 Å². The van der Waals surface area contributed by atoms with Crippen LogP contribution in [0.15, 0.2) is 95.6 Å². The first-order valence-electron chi connectivity index (χ1n) is 15.7. The van der Waals surface area contributed by atoms with E-state index in [2.05, 4.69) is 64.2 Å². The highest BCUT2D eigenvalue weighted by atomic mass is 35.5. The van der Waals surface area contributed by atoms with Crippen molar-refractivity contribution in [2.45, 2.75) is 51.0 Å². The van der Waals surface area contributed by atoms with Crippen molar-refractivity contribution in [2.24, 2.45) is 0 Å². The molecule has 3 heterocycles. The molecule has 0 saturated carbocycles. The Morgan fingerprint density at radius 2 is 1.67 bits per heavy atom. The van der Waals surface area contributed by atoms with Gasteiger partial charge in [-0.25, -0.2) is 0 Å². The molecule has 3 N–H and O–H groups in total. The summed E-state index contributed by atoms with van der Waals surface area (Å²) in [6.45, 7) is 5.99. The summed E-state index contributed by atoms with van der Waals surface area (Å²) in [5.74, 6) is 0.687. The summed E-state index contributed by atoms with van der Waals surface area (Å²) in [6, 6.07) is 27.0. The number of benzene rings is 3. The third-order valence-corrected chi connectivity index (χ3v) is 9.12. The second-order valence-electron chi connectivity index (χ2n) is 11.9. The van der Waals surface area contributed by atoms with Gasteiger partial charge in [-0.3, -0.25) is 9.59 Å². The molecule has 6 rings (SSSR count). The first-order valence-corrected chi connectivity index (χ1v) is 16.1. The number of amides is 2. The van der Waals surface area contributed by atoms with Gasteiger partial charge in [0, 0.05) is 55.9 Å². The van der Waals surface area contributed by atoms with Gasteiger partial charge >= 0.3 is 0 Å². The number of piperazine rings is 1. The second-order valence-corrected chi connectivity index (χ2v) is 12.3. The Bertz CT molecular complexity index is 1580. The number of carbonyl (C=O) groups is 2. The van der Waals surface area contributed by atoms with Crippen LogP contribution in [-0.2, 0) is 35.5 Å². The van der Waals surface area contributed by atoms with E-state index in [-0.39, 0.29) is 17.9 Å². The van der Waals surface area contributed by atoms with Gasteiger partial charge < -0.3 is 30.2 Å². The predicted octanol–water partition coefficient (Wildman–Crippen LogP) is 4.87. The minimum Gasteiger partial charge on any atom is -0.468 e. The van der Waals surface area contributed by atoms with Gasteiger partial charge in [0.1, 0.15) is 11.8 Å². The van der Waals surface area contributed by atoms with Crippen LogP contribution in [0, 0.1) is 0 Å². The van der Waals surface area contributed by atoms with E-state index in [1.165, 1.54) is 22.4 Å². The van der Waals surface area contributed by atoms with E-state index in [4.69, 9.17) is 16.0 Å². The van der Waals surface area contributed by atoms with Crippen molar-refractivity contribution >= 4 is 29.1 Å². The monoisotopic (exact) mass is 625 g/mol. The average Bonchev–Trinajstić information content (AvgIpc) is 3.61. The minimum atomic E-state index is -0.678. The maximum absolute atomic E-state index is 14.0. The number of para-hydroxylation sites is 1. The number of nitrogens with one attached hydrogen (secondary N) is 3. The molecule has 0 bridgehead atoms. The molecule has 0 aliphatic carbocycles. The van der Waals surface area contributed by atoms with Crippen LogP contribution in [0.4, 0.5) is 5.69 Å². The summed E-state index contributed by atoms with van der Waals surface area (Å²) in [6.07, 6.45) is 2.68. The Labute approximate surface area is 269 Å². The van der Waals surface area contributed by atoms with Crippen molar-refractivity contribution in [3.8, 4) is 0 Å². The van der Waals surface area contributed by atoms with Gasteiger partial charge in [0.2, 0.25) is 11.8 Å². The van der Waals surface area contributed by atoms with E-state index in [0.29, 0.717) is 57.1 Å². The van der Waals surface area contributed by atoms with E-state index in [0.717, 1.165) is 11.3 Å². The summed E-state index contributed by atoms with van der Waals surface area (Å²) in [5, 5.41) is 10.7. The first-order chi connectivity index (χ1) is 21.9. The molecule has 1 fully saturated rings. The third-order valence-electron chi connectivity index (χ3n) is 8.86. The Morgan fingerprint density at radius 1 is 0.933 bits per heavy atom. The lowest BCUT2D eigenvalue weighted by molar-refractivity contribution is -0.137. The topological polar surface area (TPSA) is 89.9 Å². The maximum Gasteiger partial charge on any atom is 0.245 e. The van der Waals surface area contributed by atoms with Crippen LogP contribution >= 0.6 is 11.6 Å². The molecule has 234 valence electrons. The van der Waals surface area contributed by atoms with Crippen molar-refractivity contribution in [2.75, 3.05) is 31.1 Å². The van der Waals surface area contributed by atoms with E-state index >= 15 is 0 Å². The van der Waals surface area contributed by atoms with E-state index < -0.39 is 12.1 Å². The zero-order valence-electron chi connectivity index (χ0n) is 25.5. The quantitative estimate of drug-likeness (QED) is 0.233. The number of anilines is 1. The fourth-order valence-corrected chi connectivity index (χ4v) is 6.40. The number of fused-ring (bicyclic) bond motifs is 1. The van der Waals surface area contributed by atoms with Gasteiger partial charge in [0.25, 0.3) is 0 Å². The molecule has 1 unspecified atom stereocenters. The molecule has 9 heteroatoms. The zero-order valence-corrected chi connectivity index (χ0v) is 26.3. The fourth-order valence-electron chi connectivity index (χ4n) is 6.27. The van der Waals surface area contributed by atoms with Gasteiger partial charge in [-0.1, -0.05) is 66.2 Å². The van der Waals surface area contributed by atoms with Gasteiger partial charge in [0.15, 0.2) is 0 Å². The maximum atomic E-state index is 14.0. The molecule has 45 heavy (non-hydrogen) atoms. The SMILES string of the molecule is CC(NCc1ccco1)c1ccccc1N1CCN(C(=O)[C@@H](Cc2ccc(Cl)cc2)NC(=O)[C@H]2Cc3ccccc3CN2)CC1. The molecule has 2 aliphatic rings. The van der Waals surface area contributed by atoms with Crippen LogP contribution in [0.2, 0.25) is 5.02 Å². The first kappa shape index (κ1) is 30.9. The van der Waals surface area contributed by atoms with Crippen molar-refractivity contribution in [1.29, 1.82) is 0 Å². The normalized spacial score (nSPS) is 17.8. The standard InChI is InChI=1S/C36H40ClN5O3/c1-25(38-24-30-9-6-20-45-30)31-10-4-5-11-34(31)41-16-18-42(19-17-41)36(44)33(21-26-12-14-29(37)15-13-26)40-35(43)32-22-27-7-2-3-8-28(27)23-39-32/h2-15,20,25,32-33,38-39H,16-19,21-24H2,1H3,(H,40,43)/t25?,32-,33-/m1/s1. The highest BCUT2D eigenvalue weighted by Crippen LogP contribution is 2.28. The van der Waals surface area contributed by atoms with E-state index in [9.17, 15) is 9.59 Å². The highest BCUT2D eigenvalue weighted by Gasteiger charge is 2.32. The third kappa shape index (κ3) is 7.59. The molecule has 3 aromatic carbocycles. The Hall–Kier alpha value is -4.11. The van der Waals surface area contributed by atoms with Crippen LogP contribution in [0.25, 0.3) is 0 Å². The minimum absolute atomic E-state index is 0.0593. The molecule has 2 amide bonds. The van der Waals surface area contributed by atoms with Crippen molar-refractivity contribution in [1.82, 2.24) is 20.9 Å². The molecular formula is C36H40ClN5O3. The Balaban J connectivity index is 1.11. The fraction of sp³-hybridized carbons (Fsp3) is 0.333. The molecule has 1 saturated heterocycles. The lowest BCUT2D eigenvalue weighted by atomic mass is 9.95. The number of hydrogen-bond donors (Lipinski definition) is 3. The number of furan rings is 1. The molecule has 4 aromatic rings. The summed E-state index contributed by atoms with van der Waals surface area (Å²) < 4.78 is 5.49. The molecular weight excluding hydrogens is 586 g/mol.